The summed E-state index contributed by atoms with van der Waals surface area (Å²) in [4.78, 5) is 14.6. The van der Waals surface area contributed by atoms with Gasteiger partial charge in [-0.3, -0.25) is 4.79 Å². The van der Waals surface area contributed by atoms with Crippen LogP contribution in [0.5, 0.6) is 0 Å². The van der Waals surface area contributed by atoms with Crippen LogP contribution in [0.25, 0.3) is 0 Å². The highest BCUT2D eigenvalue weighted by Crippen LogP contribution is 2.25. The SMILES string of the molecule is NCCc1nc(CC(=O)O)c(Br)s1. The molecule has 72 valence electrons. The Labute approximate surface area is 87.9 Å². The van der Waals surface area contributed by atoms with Crippen LogP contribution in [0.1, 0.15) is 10.7 Å². The summed E-state index contributed by atoms with van der Waals surface area (Å²) < 4.78 is 0.790. The molecule has 0 aliphatic carbocycles. The van der Waals surface area contributed by atoms with Gasteiger partial charge >= 0.3 is 5.97 Å². The number of thiazole rings is 1. The number of carboxylic acid groups (broad SMARTS) is 1. The Morgan fingerprint density at radius 3 is 2.92 bits per heavy atom. The predicted octanol–water partition coefficient (Wildman–Crippen LogP) is 1.03. The van der Waals surface area contributed by atoms with Gasteiger partial charge in [0, 0.05) is 6.42 Å². The van der Waals surface area contributed by atoms with Gasteiger partial charge in [-0.15, -0.1) is 11.3 Å². The maximum absolute atomic E-state index is 10.4. The maximum Gasteiger partial charge on any atom is 0.309 e. The molecule has 0 bridgehead atoms. The second-order valence-corrected chi connectivity index (χ2v) is 4.84. The highest BCUT2D eigenvalue weighted by Gasteiger charge is 2.11. The van der Waals surface area contributed by atoms with Crippen molar-refractivity contribution >= 4 is 33.2 Å². The van der Waals surface area contributed by atoms with E-state index in [1.165, 1.54) is 11.3 Å². The van der Waals surface area contributed by atoms with Crippen molar-refractivity contribution in [3.63, 3.8) is 0 Å². The van der Waals surface area contributed by atoms with Gasteiger partial charge in [0.2, 0.25) is 0 Å². The van der Waals surface area contributed by atoms with Crippen LogP contribution in [-0.4, -0.2) is 22.6 Å². The van der Waals surface area contributed by atoms with Crippen molar-refractivity contribution in [2.24, 2.45) is 5.73 Å². The minimum Gasteiger partial charge on any atom is -0.481 e. The number of aromatic nitrogens is 1. The van der Waals surface area contributed by atoms with Crippen molar-refractivity contribution in [2.75, 3.05) is 6.54 Å². The van der Waals surface area contributed by atoms with Crippen LogP contribution in [-0.2, 0) is 17.6 Å². The van der Waals surface area contributed by atoms with Gasteiger partial charge < -0.3 is 10.8 Å². The Hall–Kier alpha value is -0.460. The zero-order chi connectivity index (χ0) is 9.84. The molecule has 4 nitrogen and oxygen atoms in total. The van der Waals surface area contributed by atoms with Crippen LogP contribution < -0.4 is 5.73 Å². The lowest BCUT2D eigenvalue weighted by Gasteiger charge is -1.89. The zero-order valence-electron chi connectivity index (χ0n) is 6.79. The molecular weight excluding hydrogens is 256 g/mol. The van der Waals surface area contributed by atoms with Gasteiger partial charge in [-0.05, 0) is 22.5 Å². The van der Waals surface area contributed by atoms with Crippen LogP contribution in [0.15, 0.2) is 3.79 Å². The van der Waals surface area contributed by atoms with Crippen molar-refractivity contribution in [1.29, 1.82) is 0 Å². The Balaban J connectivity index is 2.77. The molecule has 0 atom stereocenters. The Morgan fingerprint density at radius 2 is 2.38 bits per heavy atom. The van der Waals surface area contributed by atoms with Gasteiger partial charge in [0.25, 0.3) is 0 Å². The van der Waals surface area contributed by atoms with Gasteiger partial charge in [0.1, 0.15) is 0 Å². The third-order valence-electron chi connectivity index (χ3n) is 1.37. The average molecular weight is 265 g/mol. The van der Waals surface area contributed by atoms with E-state index in [9.17, 15) is 4.79 Å². The molecule has 0 amide bonds. The topological polar surface area (TPSA) is 76.2 Å². The number of halogens is 1. The Morgan fingerprint density at radius 1 is 1.69 bits per heavy atom. The van der Waals surface area contributed by atoms with E-state index in [0.29, 0.717) is 18.7 Å². The molecule has 0 saturated carbocycles. The smallest absolute Gasteiger partial charge is 0.309 e. The molecule has 0 aliphatic rings. The van der Waals surface area contributed by atoms with E-state index in [4.69, 9.17) is 10.8 Å². The van der Waals surface area contributed by atoms with Crippen LogP contribution in [0.3, 0.4) is 0 Å². The van der Waals surface area contributed by atoms with E-state index in [0.717, 1.165) is 8.79 Å². The summed E-state index contributed by atoms with van der Waals surface area (Å²) in [6.07, 6.45) is 0.657. The number of rotatable bonds is 4. The first-order valence-corrected chi connectivity index (χ1v) is 5.30. The van der Waals surface area contributed by atoms with Gasteiger partial charge in [0.15, 0.2) is 0 Å². The van der Waals surface area contributed by atoms with Crippen LogP contribution in [0.4, 0.5) is 0 Å². The second-order valence-electron chi connectivity index (χ2n) is 2.44. The fraction of sp³-hybridized carbons (Fsp3) is 0.429. The van der Waals surface area contributed by atoms with Crippen LogP contribution in [0.2, 0.25) is 0 Å². The molecular formula is C7H9BrN2O2S. The standard InChI is InChI=1S/C7H9BrN2O2S/c8-7-4(3-6(11)12)10-5(13-7)1-2-9/h1-3,9H2,(H,11,12). The summed E-state index contributed by atoms with van der Waals surface area (Å²) in [7, 11) is 0. The summed E-state index contributed by atoms with van der Waals surface area (Å²) in [6.45, 7) is 0.534. The van der Waals surface area contributed by atoms with Gasteiger partial charge in [-0.25, -0.2) is 4.98 Å². The molecule has 1 aromatic heterocycles. The summed E-state index contributed by atoms with van der Waals surface area (Å²) >= 11 is 4.71. The number of carbonyl (C=O) groups is 1. The summed E-state index contributed by atoms with van der Waals surface area (Å²) in [6, 6.07) is 0. The number of nitrogens with two attached hydrogens (primary N) is 1. The molecule has 0 spiro atoms. The summed E-state index contributed by atoms with van der Waals surface area (Å²) in [5, 5.41) is 9.43. The van der Waals surface area contributed by atoms with Gasteiger partial charge in [-0.1, -0.05) is 0 Å². The van der Waals surface area contributed by atoms with Crippen molar-refractivity contribution in [3.8, 4) is 0 Å². The number of hydrogen-bond acceptors (Lipinski definition) is 4. The first-order chi connectivity index (χ1) is 6.13. The molecule has 6 heteroatoms. The molecule has 0 radical (unpaired) electrons. The summed E-state index contributed by atoms with van der Waals surface area (Å²) in [5.41, 5.74) is 5.94. The minimum atomic E-state index is -0.870. The van der Waals surface area contributed by atoms with E-state index in [-0.39, 0.29) is 6.42 Å². The van der Waals surface area contributed by atoms with E-state index in [1.54, 1.807) is 0 Å². The Kier molecular flexibility index (Phi) is 3.83. The monoisotopic (exact) mass is 264 g/mol. The molecule has 1 heterocycles. The van der Waals surface area contributed by atoms with E-state index in [1.807, 2.05) is 0 Å². The van der Waals surface area contributed by atoms with E-state index < -0.39 is 5.97 Å². The molecule has 0 unspecified atom stereocenters. The molecule has 3 N–H and O–H groups in total. The second kappa shape index (κ2) is 4.69. The molecule has 1 aromatic rings. The third kappa shape index (κ3) is 3.06. The lowest BCUT2D eigenvalue weighted by Crippen LogP contribution is -2.04. The van der Waals surface area contributed by atoms with Crippen molar-refractivity contribution in [3.05, 3.63) is 14.5 Å². The third-order valence-corrected chi connectivity index (χ3v) is 3.26. The highest BCUT2D eigenvalue weighted by atomic mass is 79.9. The Bertz CT molecular complexity index is 313. The first kappa shape index (κ1) is 10.6. The van der Waals surface area contributed by atoms with Gasteiger partial charge in [0.05, 0.1) is 20.9 Å². The van der Waals surface area contributed by atoms with Crippen molar-refractivity contribution in [1.82, 2.24) is 4.98 Å². The van der Waals surface area contributed by atoms with Crippen LogP contribution in [0, 0.1) is 0 Å². The number of carboxylic acids is 1. The summed E-state index contributed by atoms with van der Waals surface area (Å²) in [5.74, 6) is -0.870. The number of hydrogen-bond donors (Lipinski definition) is 2. The number of nitrogens with zero attached hydrogens (tertiary/aromatic N) is 1. The molecule has 0 aliphatic heterocycles. The fourth-order valence-corrected chi connectivity index (χ4v) is 2.47. The highest BCUT2D eigenvalue weighted by molar-refractivity contribution is 9.11. The van der Waals surface area contributed by atoms with E-state index in [2.05, 4.69) is 20.9 Å². The van der Waals surface area contributed by atoms with Crippen molar-refractivity contribution < 1.29 is 9.90 Å². The molecule has 1 rings (SSSR count). The molecule has 0 aromatic carbocycles. The maximum atomic E-state index is 10.4. The lowest BCUT2D eigenvalue weighted by atomic mass is 10.3. The fourth-order valence-electron chi connectivity index (χ4n) is 0.862. The average Bonchev–Trinajstić information content (AvgIpc) is 2.31. The predicted molar refractivity (Wildman–Crippen MR) is 53.9 cm³/mol. The molecule has 0 saturated heterocycles. The molecule has 13 heavy (non-hydrogen) atoms. The lowest BCUT2D eigenvalue weighted by molar-refractivity contribution is -0.136. The van der Waals surface area contributed by atoms with Crippen molar-refractivity contribution in [2.45, 2.75) is 12.8 Å². The molecule has 0 fully saturated rings. The van der Waals surface area contributed by atoms with Gasteiger partial charge in [-0.2, -0.15) is 0 Å². The number of aliphatic carboxylic acids is 1. The van der Waals surface area contributed by atoms with Crippen LogP contribution >= 0.6 is 27.3 Å². The zero-order valence-corrected chi connectivity index (χ0v) is 9.19. The normalized spacial score (nSPS) is 10.3. The first-order valence-electron chi connectivity index (χ1n) is 3.69. The van der Waals surface area contributed by atoms with E-state index >= 15 is 0 Å². The largest absolute Gasteiger partial charge is 0.481 e. The quantitative estimate of drug-likeness (QED) is 0.852. The minimum absolute atomic E-state index is 0.0400.